The van der Waals surface area contributed by atoms with E-state index in [1.165, 1.54) is 86.9 Å². The number of benzene rings is 9. The van der Waals surface area contributed by atoms with Gasteiger partial charge in [-0.15, -0.1) is 11.3 Å². The van der Waals surface area contributed by atoms with Gasteiger partial charge < -0.3 is 4.90 Å². The van der Waals surface area contributed by atoms with Crippen LogP contribution in [0.25, 0.3) is 64.7 Å². The quantitative estimate of drug-likeness (QED) is 0.170. The zero-order chi connectivity index (χ0) is 37.5. The van der Waals surface area contributed by atoms with Crippen molar-refractivity contribution in [1.82, 2.24) is 0 Å². The molecule has 0 N–H and O–H groups in total. The molecular weight excluding hydrogens is 707 g/mol. The van der Waals surface area contributed by atoms with E-state index in [4.69, 9.17) is 0 Å². The standard InChI is InChI=1S/C55H35NS/c1-2-18-36(19-3-1)37-20-7-13-31-48(37)56(49-32-14-8-23-40(49)41-26-16-35-52-53(41)43-25-9-15-34-51(43)57-52)50-33-17-30-47-54(50)42-24-6-12-29-46(42)55(47)44-27-10-4-21-38(44)39-22-5-11-28-45(39)55/h1-35H. The molecule has 9 aromatic carbocycles. The summed E-state index contributed by atoms with van der Waals surface area (Å²) in [7, 11) is 0. The Balaban J connectivity index is 1.20. The summed E-state index contributed by atoms with van der Waals surface area (Å²) in [5, 5.41) is 2.61. The molecule has 0 amide bonds. The van der Waals surface area contributed by atoms with Crippen molar-refractivity contribution < 1.29 is 0 Å². The van der Waals surface area contributed by atoms with Crippen molar-refractivity contribution in [2.45, 2.75) is 5.41 Å². The first-order valence-corrected chi connectivity index (χ1v) is 20.5. The van der Waals surface area contributed by atoms with E-state index in [9.17, 15) is 0 Å². The molecule has 0 bridgehead atoms. The fraction of sp³-hybridized carbons (Fsp3) is 0.0182. The summed E-state index contributed by atoms with van der Waals surface area (Å²) < 4.78 is 2.61. The van der Waals surface area contributed by atoms with Crippen LogP contribution in [-0.4, -0.2) is 0 Å². The largest absolute Gasteiger partial charge is 0.309 e. The lowest BCUT2D eigenvalue weighted by Crippen LogP contribution is -2.26. The second-order valence-electron chi connectivity index (χ2n) is 15.1. The summed E-state index contributed by atoms with van der Waals surface area (Å²) in [5.74, 6) is 0. The zero-order valence-corrected chi connectivity index (χ0v) is 31.9. The summed E-state index contributed by atoms with van der Waals surface area (Å²) >= 11 is 1.87. The minimum Gasteiger partial charge on any atom is -0.309 e. The lowest BCUT2D eigenvalue weighted by Gasteiger charge is -2.33. The summed E-state index contributed by atoms with van der Waals surface area (Å²) in [6, 6.07) is 78.8. The second kappa shape index (κ2) is 12.5. The molecule has 1 aromatic heterocycles. The van der Waals surface area contributed by atoms with Crippen molar-refractivity contribution in [3.63, 3.8) is 0 Å². The molecule has 0 radical (unpaired) electrons. The lowest BCUT2D eigenvalue weighted by atomic mass is 9.70. The van der Waals surface area contributed by atoms with Crippen molar-refractivity contribution >= 4 is 48.6 Å². The van der Waals surface area contributed by atoms with Gasteiger partial charge in [0.25, 0.3) is 0 Å². The van der Waals surface area contributed by atoms with E-state index in [0.29, 0.717) is 0 Å². The molecule has 0 saturated heterocycles. The van der Waals surface area contributed by atoms with E-state index in [0.717, 1.165) is 17.1 Å². The van der Waals surface area contributed by atoms with E-state index in [2.05, 4.69) is 217 Å². The van der Waals surface area contributed by atoms with E-state index in [1.807, 2.05) is 11.3 Å². The van der Waals surface area contributed by atoms with Crippen molar-refractivity contribution in [3.05, 3.63) is 235 Å². The van der Waals surface area contributed by atoms with Crippen LogP contribution in [0.2, 0.25) is 0 Å². The highest BCUT2D eigenvalue weighted by molar-refractivity contribution is 7.25. The Kier molecular flexibility index (Phi) is 7.08. The molecule has 0 saturated carbocycles. The molecule has 2 heteroatoms. The Bertz CT molecular complexity index is 3160. The molecule has 2 aliphatic carbocycles. The normalized spacial score (nSPS) is 13.1. The zero-order valence-electron chi connectivity index (χ0n) is 31.1. The molecule has 57 heavy (non-hydrogen) atoms. The summed E-state index contributed by atoms with van der Waals surface area (Å²) in [6.07, 6.45) is 0. The van der Waals surface area contributed by atoms with Gasteiger partial charge in [0.2, 0.25) is 0 Å². The molecule has 1 nitrogen and oxygen atoms in total. The fourth-order valence-electron chi connectivity index (χ4n) is 10.1. The number of hydrogen-bond donors (Lipinski definition) is 0. The van der Waals surface area contributed by atoms with Gasteiger partial charge in [-0.25, -0.2) is 0 Å². The van der Waals surface area contributed by atoms with Crippen LogP contribution < -0.4 is 4.90 Å². The SMILES string of the molecule is c1ccc(-c2ccccc2N(c2ccccc2-c2cccc3sc4ccccc4c23)c2cccc3c2-c2ccccc2C32c3ccccc3-c3ccccc32)cc1. The minimum atomic E-state index is -0.444. The maximum Gasteiger partial charge on any atom is 0.0726 e. The predicted octanol–water partition coefficient (Wildman–Crippen LogP) is 15.2. The highest BCUT2D eigenvalue weighted by Gasteiger charge is 2.52. The average molecular weight is 742 g/mol. The molecule has 12 rings (SSSR count). The third-order valence-corrected chi connectivity index (χ3v) is 13.4. The number of nitrogens with zero attached hydrogens (tertiary/aromatic N) is 1. The average Bonchev–Trinajstić information content (AvgIpc) is 3.92. The molecular formula is C55H35NS. The van der Waals surface area contributed by atoms with Gasteiger partial charge in [0.15, 0.2) is 0 Å². The number of anilines is 3. The van der Waals surface area contributed by atoms with Gasteiger partial charge in [-0.05, 0) is 80.4 Å². The molecule has 266 valence electrons. The third-order valence-electron chi connectivity index (χ3n) is 12.3. The topological polar surface area (TPSA) is 3.24 Å². The molecule has 2 aliphatic rings. The summed E-state index contributed by atoms with van der Waals surface area (Å²) in [5.41, 5.74) is 18.3. The van der Waals surface area contributed by atoms with Crippen LogP contribution in [0.15, 0.2) is 212 Å². The maximum atomic E-state index is 2.56. The van der Waals surface area contributed by atoms with Crippen molar-refractivity contribution in [1.29, 1.82) is 0 Å². The molecule has 1 heterocycles. The second-order valence-corrected chi connectivity index (χ2v) is 16.2. The van der Waals surface area contributed by atoms with E-state index in [1.54, 1.807) is 0 Å². The van der Waals surface area contributed by atoms with Gasteiger partial charge in [0.1, 0.15) is 0 Å². The van der Waals surface area contributed by atoms with E-state index < -0.39 is 5.41 Å². The molecule has 1 spiro atoms. The van der Waals surface area contributed by atoms with Gasteiger partial charge in [-0.3, -0.25) is 0 Å². The summed E-state index contributed by atoms with van der Waals surface area (Å²) in [4.78, 5) is 2.56. The first-order valence-electron chi connectivity index (χ1n) is 19.7. The third kappa shape index (κ3) is 4.51. The van der Waals surface area contributed by atoms with Crippen molar-refractivity contribution in [3.8, 4) is 44.5 Å². The first-order chi connectivity index (χ1) is 28.3. The number of fused-ring (bicyclic) bond motifs is 13. The predicted molar refractivity (Wildman–Crippen MR) is 241 cm³/mol. The highest BCUT2D eigenvalue weighted by Crippen LogP contribution is 2.65. The molecule has 10 aromatic rings. The van der Waals surface area contributed by atoms with Crippen LogP contribution in [0.1, 0.15) is 22.3 Å². The maximum absolute atomic E-state index is 2.56. The van der Waals surface area contributed by atoms with Crippen LogP contribution in [0, 0.1) is 0 Å². The Labute approximate surface area is 336 Å². The van der Waals surface area contributed by atoms with Gasteiger partial charge in [0.05, 0.1) is 22.5 Å². The number of rotatable bonds is 5. The van der Waals surface area contributed by atoms with Crippen LogP contribution in [-0.2, 0) is 5.41 Å². The fourth-order valence-corrected chi connectivity index (χ4v) is 11.3. The van der Waals surface area contributed by atoms with Gasteiger partial charge in [-0.1, -0.05) is 182 Å². The van der Waals surface area contributed by atoms with Gasteiger partial charge >= 0.3 is 0 Å². The monoisotopic (exact) mass is 741 g/mol. The van der Waals surface area contributed by atoms with Crippen molar-refractivity contribution in [2.24, 2.45) is 0 Å². The van der Waals surface area contributed by atoms with Crippen LogP contribution in [0.5, 0.6) is 0 Å². The Hall–Kier alpha value is -7.00. The van der Waals surface area contributed by atoms with E-state index >= 15 is 0 Å². The van der Waals surface area contributed by atoms with Crippen LogP contribution in [0.3, 0.4) is 0 Å². The van der Waals surface area contributed by atoms with Crippen LogP contribution >= 0.6 is 11.3 Å². The number of para-hydroxylation sites is 2. The van der Waals surface area contributed by atoms with Gasteiger partial charge in [-0.2, -0.15) is 0 Å². The summed E-state index contributed by atoms with van der Waals surface area (Å²) in [6.45, 7) is 0. The van der Waals surface area contributed by atoms with Crippen LogP contribution in [0.4, 0.5) is 17.1 Å². The Morgan fingerprint density at radius 2 is 0.789 bits per heavy atom. The highest BCUT2D eigenvalue weighted by atomic mass is 32.1. The van der Waals surface area contributed by atoms with E-state index in [-0.39, 0.29) is 0 Å². The van der Waals surface area contributed by atoms with Gasteiger partial charge in [0, 0.05) is 36.9 Å². The number of hydrogen-bond acceptors (Lipinski definition) is 2. The molecule has 0 aliphatic heterocycles. The molecule has 0 atom stereocenters. The molecule has 0 unspecified atom stereocenters. The minimum absolute atomic E-state index is 0.444. The Morgan fingerprint density at radius 3 is 1.53 bits per heavy atom. The smallest absolute Gasteiger partial charge is 0.0726 e. The number of thiophene rings is 1. The van der Waals surface area contributed by atoms with Crippen molar-refractivity contribution in [2.75, 3.05) is 4.90 Å². The Morgan fingerprint density at radius 1 is 0.316 bits per heavy atom. The molecule has 0 fully saturated rings. The lowest BCUT2D eigenvalue weighted by molar-refractivity contribution is 0.794. The first kappa shape index (κ1) is 32.3.